The summed E-state index contributed by atoms with van der Waals surface area (Å²) in [5.74, 6) is 3.07. The molecule has 1 aliphatic carbocycles. The lowest BCUT2D eigenvalue weighted by Crippen LogP contribution is -2.27. The summed E-state index contributed by atoms with van der Waals surface area (Å²) in [4.78, 5) is 19.9. The summed E-state index contributed by atoms with van der Waals surface area (Å²) in [5.41, 5.74) is 5.28. The van der Waals surface area contributed by atoms with E-state index in [1.54, 1.807) is 12.4 Å². The number of hydrogen-bond donors (Lipinski definition) is 1. The molecule has 2 aliphatic rings. The number of fused-ring (bicyclic) bond motifs is 3. The van der Waals surface area contributed by atoms with Crippen molar-refractivity contribution in [2.45, 2.75) is 51.6 Å². The van der Waals surface area contributed by atoms with Gasteiger partial charge in [0.2, 0.25) is 0 Å². The molecule has 6 rings (SSSR count). The summed E-state index contributed by atoms with van der Waals surface area (Å²) in [6, 6.07) is 26.2. The minimum Gasteiger partial charge on any atom is -0.493 e. The number of carbonyl (C=O) groups is 1. The first-order chi connectivity index (χ1) is 20.7. The minimum atomic E-state index is -0.0997. The molecule has 2 heterocycles. The lowest BCUT2D eigenvalue weighted by molar-refractivity contribution is 0.0950. The van der Waals surface area contributed by atoms with E-state index >= 15 is 0 Å². The number of benzene rings is 3. The van der Waals surface area contributed by atoms with E-state index in [9.17, 15) is 4.79 Å². The van der Waals surface area contributed by atoms with Crippen molar-refractivity contribution in [1.82, 2.24) is 15.2 Å². The zero-order chi connectivity index (χ0) is 28.6. The molecule has 0 unspecified atom stereocenters. The number of amides is 1. The van der Waals surface area contributed by atoms with Gasteiger partial charge in [-0.15, -0.1) is 0 Å². The lowest BCUT2D eigenvalue weighted by Gasteiger charge is -2.23. The number of aromatic nitrogens is 1. The summed E-state index contributed by atoms with van der Waals surface area (Å²) in [6.45, 7) is 4.50. The summed E-state index contributed by atoms with van der Waals surface area (Å²) in [7, 11) is 0. The Morgan fingerprint density at radius 2 is 1.81 bits per heavy atom. The maximum Gasteiger partial charge on any atom is 0.251 e. The number of nitrogens with one attached hydrogen (secondary N) is 1. The van der Waals surface area contributed by atoms with E-state index in [0.29, 0.717) is 24.5 Å². The molecule has 42 heavy (non-hydrogen) atoms. The molecule has 6 nitrogen and oxygen atoms in total. The van der Waals surface area contributed by atoms with E-state index in [1.807, 2.05) is 54.6 Å². The third-order valence-electron chi connectivity index (χ3n) is 7.95. The van der Waals surface area contributed by atoms with Gasteiger partial charge in [-0.2, -0.15) is 0 Å². The van der Waals surface area contributed by atoms with E-state index in [1.165, 1.54) is 36.9 Å². The van der Waals surface area contributed by atoms with Crippen LogP contribution in [0.4, 0.5) is 0 Å². The quantitative estimate of drug-likeness (QED) is 0.259. The van der Waals surface area contributed by atoms with Gasteiger partial charge in [-0.25, -0.2) is 0 Å². The van der Waals surface area contributed by atoms with Gasteiger partial charge in [0.05, 0.1) is 12.8 Å². The molecule has 4 aromatic rings. The Balaban J connectivity index is 1.12. The molecular formula is C36H39N3O3. The molecule has 0 spiro atoms. The van der Waals surface area contributed by atoms with Crippen LogP contribution in [0.2, 0.25) is 0 Å². The Morgan fingerprint density at radius 1 is 0.929 bits per heavy atom. The second-order valence-corrected chi connectivity index (χ2v) is 11.5. The second-order valence-electron chi connectivity index (χ2n) is 11.5. The molecule has 216 valence electrons. The van der Waals surface area contributed by atoms with Crippen LogP contribution in [-0.4, -0.2) is 35.5 Å². The molecule has 1 aromatic heterocycles. The maximum absolute atomic E-state index is 13.2. The summed E-state index contributed by atoms with van der Waals surface area (Å²) in [6.07, 6.45) is 10.3. The molecule has 0 atom stereocenters. The van der Waals surface area contributed by atoms with Crippen molar-refractivity contribution in [2.24, 2.45) is 5.92 Å². The van der Waals surface area contributed by atoms with Gasteiger partial charge in [-0.05, 0) is 109 Å². The van der Waals surface area contributed by atoms with E-state index in [2.05, 4.69) is 39.5 Å². The fraction of sp³-hybridized carbons (Fsp3) is 0.333. The van der Waals surface area contributed by atoms with Crippen LogP contribution < -0.4 is 14.8 Å². The molecule has 1 fully saturated rings. The van der Waals surface area contributed by atoms with Gasteiger partial charge in [0.1, 0.15) is 17.2 Å². The average Bonchev–Trinajstić information content (AvgIpc) is 3.83. The van der Waals surface area contributed by atoms with Crippen molar-refractivity contribution in [2.75, 3.05) is 19.7 Å². The molecule has 1 N–H and O–H groups in total. The summed E-state index contributed by atoms with van der Waals surface area (Å²) >= 11 is 0. The van der Waals surface area contributed by atoms with Crippen LogP contribution in [0.15, 0.2) is 91.3 Å². The van der Waals surface area contributed by atoms with Crippen molar-refractivity contribution < 1.29 is 14.3 Å². The SMILES string of the molecule is O=C(NCc1ccc(Oc2cccnc2)cc1)c1ccc2c(c1)Cc1cccc(c1)CN(CC1CC1)CCCCCO2. The largest absolute Gasteiger partial charge is 0.493 e. The van der Waals surface area contributed by atoms with Gasteiger partial charge in [0.25, 0.3) is 5.91 Å². The maximum atomic E-state index is 13.2. The highest BCUT2D eigenvalue weighted by Crippen LogP contribution is 2.31. The number of pyridine rings is 1. The standard InChI is InChI=1S/C36H39N3O3/c40-36(38-23-27-11-14-33(15-12-27)42-34-8-5-17-37-24-34)31-13-16-35-32(22-31)21-29-6-4-7-30(20-29)26-39(25-28-9-10-28)18-2-1-3-19-41-35/h4-8,11-17,20,22,24,28H,1-3,9-10,18-19,21,23,25-26H2,(H,38,40). The van der Waals surface area contributed by atoms with E-state index in [4.69, 9.17) is 9.47 Å². The molecule has 1 amide bonds. The van der Waals surface area contributed by atoms with Crippen LogP contribution in [0.3, 0.4) is 0 Å². The zero-order valence-electron chi connectivity index (χ0n) is 24.1. The van der Waals surface area contributed by atoms with E-state index < -0.39 is 0 Å². The minimum absolute atomic E-state index is 0.0997. The number of ether oxygens (including phenoxy) is 2. The first-order valence-electron chi connectivity index (χ1n) is 15.2. The van der Waals surface area contributed by atoms with Crippen molar-refractivity contribution in [3.05, 3.63) is 119 Å². The molecule has 3 aromatic carbocycles. The molecule has 6 heteroatoms. The number of carbonyl (C=O) groups excluding carboxylic acids is 1. The normalized spacial score (nSPS) is 16.0. The smallest absolute Gasteiger partial charge is 0.251 e. The molecular weight excluding hydrogens is 522 g/mol. The number of rotatable bonds is 7. The number of nitrogens with zero attached hydrogens (tertiary/aromatic N) is 2. The van der Waals surface area contributed by atoms with Crippen molar-refractivity contribution in [3.63, 3.8) is 0 Å². The molecule has 1 saturated carbocycles. The Labute approximate surface area is 248 Å². The molecule has 1 aliphatic heterocycles. The second kappa shape index (κ2) is 13.7. The van der Waals surface area contributed by atoms with Gasteiger partial charge in [-0.1, -0.05) is 36.4 Å². The highest BCUT2D eigenvalue weighted by atomic mass is 16.5. The predicted octanol–water partition coefficient (Wildman–Crippen LogP) is 7.17. The van der Waals surface area contributed by atoms with Crippen molar-refractivity contribution >= 4 is 5.91 Å². The van der Waals surface area contributed by atoms with E-state index in [-0.39, 0.29) is 5.91 Å². The van der Waals surface area contributed by atoms with Crippen LogP contribution in [0.1, 0.15) is 64.7 Å². The van der Waals surface area contributed by atoms with Gasteiger partial charge in [0, 0.05) is 37.8 Å². The Hall–Kier alpha value is -4.16. The molecule has 0 saturated heterocycles. The molecule has 0 radical (unpaired) electrons. The van der Waals surface area contributed by atoms with Crippen LogP contribution in [0.5, 0.6) is 17.2 Å². The Morgan fingerprint density at radius 3 is 2.64 bits per heavy atom. The Kier molecular flexibility index (Phi) is 9.11. The fourth-order valence-electron chi connectivity index (χ4n) is 5.52. The van der Waals surface area contributed by atoms with Crippen LogP contribution in [0.25, 0.3) is 0 Å². The van der Waals surface area contributed by atoms with Crippen LogP contribution in [-0.2, 0) is 19.5 Å². The highest BCUT2D eigenvalue weighted by molar-refractivity contribution is 5.94. The lowest BCUT2D eigenvalue weighted by atomic mass is 9.99. The first kappa shape index (κ1) is 28.0. The monoisotopic (exact) mass is 561 g/mol. The van der Waals surface area contributed by atoms with Crippen LogP contribution >= 0.6 is 0 Å². The number of hydrogen-bond acceptors (Lipinski definition) is 5. The third kappa shape index (κ3) is 7.98. The van der Waals surface area contributed by atoms with Gasteiger partial charge in [-0.3, -0.25) is 14.7 Å². The molecule has 2 bridgehead atoms. The highest BCUT2D eigenvalue weighted by Gasteiger charge is 2.24. The third-order valence-corrected chi connectivity index (χ3v) is 7.95. The topological polar surface area (TPSA) is 63.7 Å². The van der Waals surface area contributed by atoms with Gasteiger partial charge < -0.3 is 14.8 Å². The van der Waals surface area contributed by atoms with Crippen molar-refractivity contribution in [3.8, 4) is 17.2 Å². The van der Waals surface area contributed by atoms with Crippen LogP contribution in [0, 0.1) is 5.92 Å². The summed E-state index contributed by atoms with van der Waals surface area (Å²) in [5, 5.41) is 3.07. The fourth-order valence-corrected chi connectivity index (χ4v) is 5.52. The van der Waals surface area contributed by atoms with Gasteiger partial charge >= 0.3 is 0 Å². The predicted molar refractivity (Wildman–Crippen MR) is 165 cm³/mol. The summed E-state index contributed by atoms with van der Waals surface area (Å²) < 4.78 is 12.1. The van der Waals surface area contributed by atoms with Gasteiger partial charge in [0.15, 0.2) is 0 Å². The van der Waals surface area contributed by atoms with Crippen molar-refractivity contribution in [1.29, 1.82) is 0 Å². The Bertz CT molecular complexity index is 1470. The van der Waals surface area contributed by atoms with E-state index in [0.717, 1.165) is 60.9 Å². The zero-order valence-corrected chi connectivity index (χ0v) is 24.1. The first-order valence-corrected chi connectivity index (χ1v) is 15.2. The average molecular weight is 562 g/mol.